The van der Waals surface area contributed by atoms with Crippen LogP contribution in [0.3, 0.4) is 0 Å². The fraction of sp³-hybridized carbons (Fsp3) is 0.600. The second-order valence-electron chi connectivity index (χ2n) is 8.47. The number of hydrogen-bond donors (Lipinski definition) is 4. The van der Waals surface area contributed by atoms with Crippen molar-refractivity contribution in [3.05, 3.63) is 54.0 Å². The quantitative estimate of drug-likeness (QED) is 0.300. The predicted octanol–water partition coefficient (Wildman–Crippen LogP) is 1.96. The van der Waals surface area contributed by atoms with E-state index in [0.717, 1.165) is 24.2 Å². The first-order valence-corrected chi connectivity index (χ1v) is 11.7. The Bertz CT molecular complexity index is 810. The van der Waals surface area contributed by atoms with Gasteiger partial charge in [0.1, 0.15) is 42.0 Å². The van der Waals surface area contributed by atoms with Gasteiger partial charge in [0.2, 0.25) is 0 Å². The smallest absolute Gasteiger partial charge is 0.140 e. The maximum Gasteiger partial charge on any atom is 0.140 e. The Hall–Kier alpha value is -1.98. The van der Waals surface area contributed by atoms with Crippen molar-refractivity contribution >= 4 is 0 Å². The van der Waals surface area contributed by atoms with E-state index in [0.29, 0.717) is 6.61 Å². The summed E-state index contributed by atoms with van der Waals surface area (Å²) < 4.78 is 28.9. The van der Waals surface area contributed by atoms with Crippen LogP contribution in [-0.2, 0) is 20.8 Å². The van der Waals surface area contributed by atoms with E-state index in [2.05, 4.69) is 0 Å². The Labute approximate surface area is 199 Å². The number of unbranched alkanes of at least 4 members (excludes halogenated alkanes) is 1. The monoisotopic (exact) mass is 480 g/mol. The standard InChI is InChI=1S/C25H36O9/c1-3-4-11-32-23-20(13-17(27)14-26)34-24(22(29)21(28)19-6-5-12-31-19)25(23)33-15-16-7-9-18(30-2)10-8-16/h5-10,12,17,20-29H,3-4,11,13-15H2,1-2H3/t17?,20?,21-,22+,23?,24-,25+/m0/s1. The van der Waals surface area contributed by atoms with Gasteiger partial charge in [-0.3, -0.25) is 0 Å². The molecule has 0 radical (unpaired) electrons. The van der Waals surface area contributed by atoms with Crippen molar-refractivity contribution in [1.82, 2.24) is 0 Å². The normalized spacial score (nSPS) is 25.2. The largest absolute Gasteiger partial charge is 0.497 e. The number of methoxy groups -OCH3 is 1. The highest BCUT2D eigenvalue weighted by molar-refractivity contribution is 5.26. The highest BCUT2D eigenvalue weighted by Gasteiger charge is 2.51. The summed E-state index contributed by atoms with van der Waals surface area (Å²) in [5.74, 6) is 0.925. The third-order valence-corrected chi connectivity index (χ3v) is 5.97. The molecule has 2 aromatic rings. The van der Waals surface area contributed by atoms with Crippen LogP contribution in [0.1, 0.15) is 43.6 Å². The van der Waals surface area contributed by atoms with Crippen molar-refractivity contribution in [2.75, 3.05) is 20.3 Å². The van der Waals surface area contributed by atoms with Gasteiger partial charge in [-0.1, -0.05) is 25.5 Å². The lowest BCUT2D eigenvalue weighted by Crippen LogP contribution is -2.44. The minimum atomic E-state index is -1.37. The molecule has 190 valence electrons. The molecule has 0 amide bonds. The molecule has 2 heterocycles. The summed E-state index contributed by atoms with van der Waals surface area (Å²) in [6.45, 7) is 2.27. The zero-order valence-electron chi connectivity index (χ0n) is 19.7. The second kappa shape index (κ2) is 13.2. The summed E-state index contributed by atoms with van der Waals surface area (Å²) in [5.41, 5.74) is 0.881. The van der Waals surface area contributed by atoms with Crippen LogP contribution < -0.4 is 4.74 Å². The van der Waals surface area contributed by atoms with Crippen molar-refractivity contribution < 1.29 is 43.8 Å². The van der Waals surface area contributed by atoms with Crippen molar-refractivity contribution in [2.45, 2.75) is 75.5 Å². The number of hydrogen-bond acceptors (Lipinski definition) is 9. The van der Waals surface area contributed by atoms with E-state index < -0.39 is 49.3 Å². The number of furan rings is 1. The van der Waals surface area contributed by atoms with Crippen LogP contribution in [-0.4, -0.2) is 77.4 Å². The first-order valence-electron chi connectivity index (χ1n) is 11.7. The van der Waals surface area contributed by atoms with E-state index in [4.69, 9.17) is 23.4 Å². The third-order valence-electron chi connectivity index (χ3n) is 5.97. The van der Waals surface area contributed by atoms with Crippen LogP contribution in [0, 0.1) is 0 Å². The molecule has 1 saturated heterocycles. The molecule has 0 bridgehead atoms. The van der Waals surface area contributed by atoms with Crippen LogP contribution in [0.15, 0.2) is 47.1 Å². The van der Waals surface area contributed by atoms with Crippen molar-refractivity contribution in [1.29, 1.82) is 0 Å². The van der Waals surface area contributed by atoms with Crippen molar-refractivity contribution in [3.63, 3.8) is 0 Å². The first kappa shape index (κ1) is 26.6. The molecule has 1 fully saturated rings. The predicted molar refractivity (Wildman–Crippen MR) is 122 cm³/mol. The van der Waals surface area contributed by atoms with Crippen LogP contribution in [0.5, 0.6) is 5.75 Å². The first-order chi connectivity index (χ1) is 16.5. The molecule has 4 N–H and O–H groups in total. The molecule has 1 aliphatic heterocycles. The highest BCUT2D eigenvalue weighted by atomic mass is 16.6. The Morgan fingerprint density at radius 1 is 1.03 bits per heavy atom. The number of rotatable bonds is 14. The van der Waals surface area contributed by atoms with Crippen molar-refractivity contribution in [2.24, 2.45) is 0 Å². The van der Waals surface area contributed by atoms with Gasteiger partial charge in [-0.05, 0) is 36.2 Å². The minimum Gasteiger partial charge on any atom is -0.497 e. The van der Waals surface area contributed by atoms with Gasteiger partial charge in [0, 0.05) is 13.0 Å². The van der Waals surface area contributed by atoms with E-state index in [1.54, 1.807) is 19.2 Å². The van der Waals surface area contributed by atoms with E-state index in [-0.39, 0.29) is 18.8 Å². The lowest BCUT2D eigenvalue weighted by molar-refractivity contribution is -0.132. The fourth-order valence-electron chi connectivity index (χ4n) is 4.04. The Balaban J connectivity index is 1.82. The minimum absolute atomic E-state index is 0.0930. The number of aliphatic hydroxyl groups is 4. The summed E-state index contributed by atoms with van der Waals surface area (Å²) in [4.78, 5) is 0. The molecule has 34 heavy (non-hydrogen) atoms. The zero-order valence-corrected chi connectivity index (χ0v) is 19.7. The number of aliphatic hydroxyl groups excluding tert-OH is 4. The summed E-state index contributed by atoms with van der Waals surface area (Å²) >= 11 is 0. The molecule has 1 aliphatic rings. The van der Waals surface area contributed by atoms with E-state index >= 15 is 0 Å². The van der Waals surface area contributed by atoms with Crippen molar-refractivity contribution in [3.8, 4) is 5.75 Å². The van der Waals surface area contributed by atoms with Gasteiger partial charge in [-0.15, -0.1) is 0 Å². The van der Waals surface area contributed by atoms with Gasteiger partial charge in [0.25, 0.3) is 0 Å². The Morgan fingerprint density at radius 2 is 1.79 bits per heavy atom. The Morgan fingerprint density at radius 3 is 2.41 bits per heavy atom. The van der Waals surface area contributed by atoms with Crippen LogP contribution in [0.4, 0.5) is 0 Å². The molecule has 1 aromatic carbocycles. The fourth-order valence-corrected chi connectivity index (χ4v) is 4.04. The molecule has 3 unspecified atom stereocenters. The molecular formula is C25H36O9. The lowest BCUT2D eigenvalue weighted by atomic mass is 9.97. The SMILES string of the molecule is CCCCOC1C(CC(O)CO)O[C@@H]([C@H](O)[C@@H](O)c2ccco2)[C@@H]1OCc1ccc(OC)cc1. The molecule has 0 spiro atoms. The molecule has 1 aromatic heterocycles. The molecule has 0 aliphatic carbocycles. The third kappa shape index (κ3) is 6.79. The zero-order chi connectivity index (χ0) is 24.5. The molecular weight excluding hydrogens is 444 g/mol. The van der Waals surface area contributed by atoms with E-state index in [1.165, 1.54) is 6.26 Å². The average molecular weight is 481 g/mol. The van der Waals surface area contributed by atoms with Crippen LogP contribution in [0.25, 0.3) is 0 Å². The number of benzene rings is 1. The van der Waals surface area contributed by atoms with Gasteiger partial charge in [0.05, 0.1) is 38.8 Å². The molecule has 7 atom stereocenters. The summed E-state index contributed by atoms with van der Waals surface area (Å²) in [5, 5.41) is 41.1. The summed E-state index contributed by atoms with van der Waals surface area (Å²) in [6, 6.07) is 10.6. The average Bonchev–Trinajstić information content (AvgIpc) is 3.51. The molecule has 3 rings (SSSR count). The summed E-state index contributed by atoms with van der Waals surface area (Å²) in [6.07, 6.45) is -3.45. The molecule has 9 nitrogen and oxygen atoms in total. The highest BCUT2D eigenvalue weighted by Crippen LogP contribution is 2.35. The van der Waals surface area contributed by atoms with Crippen LogP contribution >= 0.6 is 0 Å². The maximum atomic E-state index is 11.0. The van der Waals surface area contributed by atoms with E-state index in [1.807, 2.05) is 31.2 Å². The lowest BCUT2D eigenvalue weighted by Gasteiger charge is -2.28. The van der Waals surface area contributed by atoms with E-state index in [9.17, 15) is 20.4 Å². The molecule has 0 saturated carbocycles. The maximum absolute atomic E-state index is 11.0. The van der Waals surface area contributed by atoms with Gasteiger partial charge in [-0.2, -0.15) is 0 Å². The van der Waals surface area contributed by atoms with Gasteiger partial charge in [-0.25, -0.2) is 0 Å². The van der Waals surface area contributed by atoms with Gasteiger partial charge in [0.15, 0.2) is 0 Å². The molecule has 9 heteroatoms. The second-order valence-corrected chi connectivity index (χ2v) is 8.47. The summed E-state index contributed by atoms with van der Waals surface area (Å²) in [7, 11) is 1.59. The topological polar surface area (TPSA) is 131 Å². The number of ether oxygens (including phenoxy) is 4. The van der Waals surface area contributed by atoms with Gasteiger partial charge < -0.3 is 43.8 Å². The van der Waals surface area contributed by atoms with Crippen LogP contribution in [0.2, 0.25) is 0 Å². The Kier molecular flexibility index (Phi) is 10.3. The van der Waals surface area contributed by atoms with Gasteiger partial charge >= 0.3 is 0 Å².